The maximum absolute atomic E-state index is 2.38. The number of benzene rings is 6. The van der Waals surface area contributed by atoms with Crippen molar-refractivity contribution in [2.75, 3.05) is 0 Å². The summed E-state index contributed by atoms with van der Waals surface area (Å²) >= 11 is 0. The molecule has 0 heterocycles. The van der Waals surface area contributed by atoms with Crippen LogP contribution in [0.3, 0.4) is 0 Å². The van der Waals surface area contributed by atoms with E-state index in [9.17, 15) is 0 Å². The van der Waals surface area contributed by atoms with Gasteiger partial charge < -0.3 is 0 Å². The predicted molar refractivity (Wildman–Crippen MR) is 201 cm³/mol. The highest BCUT2D eigenvalue weighted by Gasteiger charge is 2.15. The molecule has 6 aromatic rings. The monoisotopic (exact) mass is 598 g/mol. The molecule has 230 valence electrons. The second-order valence-electron chi connectivity index (χ2n) is 13.6. The molecule has 6 aromatic carbocycles. The highest BCUT2D eigenvalue weighted by atomic mass is 14.2. The molecule has 0 fully saturated rings. The van der Waals surface area contributed by atoms with Crippen LogP contribution in [-0.2, 0) is 0 Å². The first-order valence-electron chi connectivity index (χ1n) is 16.5. The zero-order valence-corrected chi connectivity index (χ0v) is 29.2. The van der Waals surface area contributed by atoms with Gasteiger partial charge in [-0.25, -0.2) is 0 Å². The molecule has 0 bridgehead atoms. The van der Waals surface area contributed by atoms with Gasteiger partial charge in [-0.05, 0) is 199 Å². The van der Waals surface area contributed by atoms with Gasteiger partial charge in [0.15, 0.2) is 0 Å². The van der Waals surface area contributed by atoms with Crippen LogP contribution in [0.5, 0.6) is 0 Å². The van der Waals surface area contributed by atoms with Crippen LogP contribution in [-0.4, -0.2) is 0 Å². The molecule has 0 spiro atoms. The first-order valence-corrected chi connectivity index (χ1v) is 16.5. The van der Waals surface area contributed by atoms with E-state index in [-0.39, 0.29) is 0 Å². The molecule has 0 radical (unpaired) electrons. The second kappa shape index (κ2) is 12.3. The Bertz CT molecular complexity index is 1900. The Morgan fingerprint density at radius 1 is 0.239 bits per heavy atom. The Morgan fingerprint density at radius 2 is 0.500 bits per heavy atom. The van der Waals surface area contributed by atoms with Crippen molar-refractivity contribution >= 4 is 0 Å². The molecule has 0 nitrogen and oxygen atoms in total. The lowest BCUT2D eigenvalue weighted by molar-refractivity contribution is 1.26. The van der Waals surface area contributed by atoms with Gasteiger partial charge in [-0.1, -0.05) is 78.9 Å². The van der Waals surface area contributed by atoms with Crippen LogP contribution < -0.4 is 0 Å². The van der Waals surface area contributed by atoms with Crippen LogP contribution in [0.4, 0.5) is 0 Å². The molecule has 6 rings (SSSR count). The Kier molecular flexibility index (Phi) is 8.34. The van der Waals surface area contributed by atoms with Gasteiger partial charge >= 0.3 is 0 Å². The van der Waals surface area contributed by atoms with Crippen molar-refractivity contribution in [3.05, 3.63) is 153 Å². The third kappa shape index (κ3) is 5.85. The number of hydrogen-bond acceptors (Lipinski definition) is 0. The molecule has 0 atom stereocenters. The summed E-state index contributed by atoms with van der Waals surface area (Å²) in [6.07, 6.45) is 0. The maximum Gasteiger partial charge on any atom is -0.0125 e. The van der Waals surface area contributed by atoms with Crippen LogP contribution >= 0.6 is 0 Å². The van der Waals surface area contributed by atoms with Gasteiger partial charge in [0.1, 0.15) is 0 Å². The minimum absolute atomic E-state index is 1.23. The fourth-order valence-corrected chi connectivity index (χ4v) is 7.29. The number of rotatable bonds is 5. The van der Waals surface area contributed by atoms with Gasteiger partial charge in [-0.2, -0.15) is 0 Å². The third-order valence-corrected chi connectivity index (χ3v) is 10.2. The molecule has 0 aliphatic rings. The van der Waals surface area contributed by atoms with Gasteiger partial charge in [0, 0.05) is 0 Å². The first-order chi connectivity index (χ1) is 21.9. The minimum Gasteiger partial charge on any atom is -0.0622 e. The van der Waals surface area contributed by atoms with Gasteiger partial charge in [0.25, 0.3) is 0 Å². The van der Waals surface area contributed by atoms with E-state index >= 15 is 0 Å². The minimum atomic E-state index is 1.23. The predicted octanol–water partition coefficient (Wildman–Crippen LogP) is 13.1. The standard InChI is InChI=1S/C46H46/c1-27-16-43(17-28(2)35(27)9)45-31(5)20-38(21-32(45)6)41-24-40(37-14-12-11-13-15-37)25-42(26-41)39-22-33(7)46(34(8)23-39)44-18-29(3)36(10)30(4)19-44/h11-26H,1-10H3. The van der Waals surface area contributed by atoms with Crippen molar-refractivity contribution in [1.82, 2.24) is 0 Å². The van der Waals surface area contributed by atoms with Crippen molar-refractivity contribution in [1.29, 1.82) is 0 Å². The zero-order valence-electron chi connectivity index (χ0n) is 29.2. The summed E-state index contributed by atoms with van der Waals surface area (Å²) < 4.78 is 0. The number of hydrogen-bond donors (Lipinski definition) is 0. The van der Waals surface area contributed by atoms with Crippen LogP contribution in [0, 0.1) is 69.2 Å². The summed E-state index contributed by atoms with van der Waals surface area (Å²) in [6.45, 7) is 22.4. The van der Waals surface area contributed by atoms with Crippen LogP contribution in [0.15, 0.2) is 97.1 Å². The fraction of sp³-hybridized carbons (Fsp3) is 0.217. The molecule has 0 saturated heterocycles. The van der Waals surface area contributed by atoms with E-state index in [0.29, 0.717) is 0 Å². The van der Waals surface area contributed by atoms with E-state index in [4.69, 9.17) is 0 Å². The fourth-order valence-electron chi connectivity index (χ4n) is 7.29. The van der Waals surface area contributed by atoms with Gasteiger partial charge in [-0.15, -0.1) is 0 Å². The lowest BCUT2D eigenvalue weighted by Crippen LogP contribution is -1.95. The largest absolute Gasteiger partial charge is 0.0622 e. The van der Waals surface area contributed by atoms with Crippen molar-refractivity contribution in [3.63, 3.8) is 0 Å². The van der Waals surface area contributed by atoms with E-state index in [0.717, 1.165) is 0 Å². The summed E-state index contributed by atoms with van der Waals surface area (Å²) in [6, 6.07) is 36.8. The zero-order chi connectivity index (χ0) is 32.9. The molecule has 0 saturated carbocycles. The summed E-state index contributed by atoms with van der Waals surface area (Å²) in [7, 11) is 0. The van der Waals surface area contributed by atoms with Gasteiger partial charge in [-0.3, -0.25) is 0 Å². The van der Waals surface area contributed by atoms with E-state index in [2.05, 4.69) is 166 Å². The lowest BCUT2D eigenvalue weighted by atomic mass is 9.86. The Labute approximate surface area is 276 Å². The van der Waals surface area contributed by atoms with Crippen molar-refractivity contribution in [2.45, 2.75) is 69.2 Å². The molecule has 0 heteroatoms. The van der Waals surface area contributed by atoms with Crippen molar-refractivity contribution in [2.24, 2.45) is 0 Å². The van der Waals surface area contributed by atoms with E-state index < -0.39 is 0 Å². The topological polar surface area (TPSA) is 0 Å². The van der Waals surface area contributed by atoms with E-state index in [1.54, 1.807) is 0 Å². The molecule has 0 unspecified atom stereocenters. The average molecular weight is 599 g/mol. The maximum atomic E-state index is 2.38. The second-order valence-corrected chi connectivity index (χ2v) is 13.6. The van der Waals surface area contributed by atoms with Gasteiger partial charge in [0.2, 0.25) is 0 Å². The molecular formula is C46H46. The highest BCUT2D eigenvalue weighted by Crippen LogP contribution is 2.39. The average Bonchev–Trinajstić information content (AvgIpc) is 3.02. The molecule has 0 N–H and O–H groups in total. The SMILES string of the molecule is Cc1cc(-c2c(C)cc(-c3cc(-c4ccccc4)cc(-c4cc(C)c(-c5cc(C)c(C)c(C)c5)c(C)c4)c3)cc2C)cc(C)c1C. The van der Waals surface area contributed by atoms with Crippen molar-refractivity contribution < 1.29 is 0 Å². The van der Waals surface area contributed by atoms with Gasteiger partial charge in [0.05, 0.1) is 0 Å². The summed E-state index contributed by atoms with van der Waals surface area (Å²) in [5, 5.41) is 0. The highest BCUT2D eigenvalue weighted by molar-refractivity contribution is 5.85. The normalized spacial score (nSPS) is 11.3. The molecule has 0 aliphatic carbocycles. The molecular weight excluding hydrogens is 553 g/mol. The summed E-state index contributed by atoms with van der Waals surface area (Å²) in [5.74, 6) is 0. The Morgan fingerprint density at radius 3 is 0.826 bits per heavy atom. The molecule has 46 heavy (non-hydrogen) atoms. The molecule has 0 aliphatic heterocycles. The first kappa shape index (κ1) is 31.3. The molecule has 0 aromatic heterocycles. The third-order valence-electron chi connectivity index (χ3n) is 10.2. The van der Waals surface area contributed by atoms with Crippen molar-refractivity contribution in [3.8, 4) is 55.6 Å². The lowest BCUT2D eigenvalue weighted by Gasteiger charge is -2.18. The molecule has 0 amide bonds. The van der Waals surface area contributed by atoms with Crippen LogP contribution in [0.1, 0.15) is 55.6 Å². The van der Waals surface area contributed by atoms with Crippen LogP contribution in [0.25, 0.3) is 55.6 Å². The number of aryl methyl sites for hydroxylation is 8. The van der Waals surface area contributed by atoms with E-state index in [1.807, 2.05) is 0 Å². The van der Waals surface area contributed by atoms with Crippen LogP contribution in [0.2, 0.25) is 0 Å². The quantitative estimate of drug-likeness (QED) is 0.185. The van der Waals surface area contributed by atoms with E-state index in [1.165, 1.54) is 111 Å². The summed E-state index contributed by atoms with van der Waals surface area (Å²) in [5.41, 5.74) is 26.2. The Hall–Kier alpha value is -4.68. The smallest absolute Gasteiger partial charge is 0.0125 e. The Balaban J connectivity index is 1.50. The summed E-state index contributed by atoms with van der Waals surface area (Å²) in [4.78, 5) is 0.